The fourth-order valence-corrected chi connectivity index (χ4v) is 3.61. The monoisotopic (exact) mass is 648 g/mol. The van der Waals surface area contributed by atoms with Gasteiger partial charge in [-0.05, 0) is 11.2 Å². The van der Waals surface area contributed by atoms with Crippen molar-refractivity contribution in [2.45, 2.75) is 6.92 Å². The maximum absolute atomic E-state index is 12.1. The van der Waals surface area contributed by atoms with E-state index in [1.54, 1.807) is 4.90 Å². The molecule has 0 spiro atoms. The molecule has 41 heavy (non-hydrogen) atoms. The summed E-state index contributed by atoms with van der Waals surface area (Å²) in [5.74, 6) is -1.67. The van der Waals surface area contributed by atoms with Gasteiger partial charge in [-0.15, -0.1) is 0 Å². The molecule has 0 saturated heterocycles. The van der Waals surface area contributed by atoms with Gasteiger partial charge in [0.05, 0.1) is 53.3 Å². The molecule has 0 saturated carbocycles. The zero-order valence-corrected chi connectivity index (χ0v) is 26.0. The van der Waals surface area contributed by atoms with E-state index in [9.17, 15) is 24.0 Å². The molecule has 0 fully saturated rings. The number of alkyl carbamates (subject to hydrolysis) is 1. The SMILES string of the molecule is COC(=O)NCCOCCOCC(=O)OCCN(CCOC(=O)COCCOCCNC(C)=O)CC(=O)N[SH](=P)=S. The first-order valence-corrected chi connectivity index (χ1v) is 16.2. The Labute approximate surface area is 247 Å². The highest BCUT2D eigenvalue weighted by atomic mass is 32.9. The standard InChI is InChI=1S/C22H41N4O12PS2/c1-18(27)23-3-7-33-11-13-35-16-20(29)37-9-5-26(15-19(28)25-41(39)40)6-10-38-21(30)17-36-14-12-34-8-4-24-22(31)32-2/h39,41H,3-17H2,1-2H3,(H,23,27)(H,24,31)(H,25,28,40). The normalized spacial score (nSPS) is 11.4. The molecular formula is C22H41N4O12PS2. The van der Waals surface area contributed by atoms with Crippen molar-refractivity contribution in [3.63, 3.8) is 0 Å². The zero-order chi connectivity index (χ0) is 30.7. The van der Waals surface area contributed by atoms with Gasteiger partial charge in [0.1, 0.15) is 26.4 Å². The number of hydrogen-bond acceptors (Lipinski definition) is 14. The van der Waals surface area contributed by atoms with Gasteiger partial charge in [0, 0.05) is 33.1 Å². The van der Waals surface area contributed by atoms with Crippen LogP contribution in [0.25, 0.3) is 0 Å². The number of nitrogens with zero attached hydrogens (tertiary/aromatic N) is 1. The highest BCUT2D eigenvalue weighted by molar-refractivity contribution is 8.38. The summed E-state index contributed by atoms with van der Waals surface area (Å²) in [7, 11) is 3.18. The molecule has 0 aliphatic heterocycles. The summed E-state index contributed by atoms with van der Waals surface area (Å²) in [5.41, 5.74) is 0. The molecule has 238 valence electrons. The van der Waals surface area contributed by atoms with Crippen molar-refractivity contribution >= 4 is 57.9 Å². The summed E-state index contributed by atoms with van der Waals surface area (Å²) in [6.45, 7) is 3.18. The lowest BCUT2D eigenvalue weighted by atomic mass is 10.4. The number of rotatable bonds is 25. The maximum atomic E-state index is 12.1. The van der Waals surface area contributed by atoms with Gasteiger partial charge in [0.15, 0.2) is 0 Å². The van der Waals surface area contributed by atoms with Crippen LogP contribution in [0.1, 0.15) is 6.92 Å². The molecule has 0 heterocycles. The van der Waals surface area contributed by atoms with Gasteiger partial charge in [-0.3, -0.25) is 14.5 Å². The van der Waals surface area contributed by atoms with Gasteiger partial charge in [0.25, 0.3) is 0 Å². The van der Waals surface area contributed by atoms with Crippen molar-refractivity contribution < 1.29 is 57.1 Å². The van der Waals surface area contributed by atoms with Crippen LogP contribution in [0.5, 0.6) is 0 Å². The lowest BCUT2D eigenvalue weighted by Gasteiger charge is -2.21. The van der Waals surface area contributed by atoms with Gasteiger partial charge < -0.3 is 48.5 Å². The minimum Gasteiger partial charge on any atom is -0.463 e. The number of carbonyl (C=O) groups excluding carboxylic acids is 5. The molecule has 0 aromatic rings. The van der Waals surface area contributed by atoms with E-state index in [0.29, 0.717) is 13.2 Å². The van der Waals surface area contributed by atoms with Gasteiger partial charge >= 0.3 is 18.0 Å². The number of carbonyl (C=O) groups is 5. The second-order valence-electron chi connectivity index (χ2n) is 7.78. The van der Waals surface area contributed by atoms with Crippen molar-refractivity contribution in [3.05, 3.63) is 0 Å². The van der Waals surface area contributed by atoms with E-state index in [1.165, 1.54) is 14.0 Å². The van der Waals surface area contributed by atoms with Crippen LogP contribution in [-0.4, -0.2) is 141 Å². The Kier molecular flexibility index (Phi) is 25.3. The Bertz CT molecular complexity index is 858. The fraction of sp³-hybridized carbons (Fsp3) is 0.773. The van der Waals surface area contributed by atoms with E-state index in [1.807, 2.05) is 0 Å². The maximum Gasteiger partial charge on any atom is 0.406 e. The molecule has 3 amide bonds. The first-order valence-electron chi connectivity index (χ1n) is 12.5. The molecule has 0 bridgehead atoms. The Morgan fingerprint density at radius 2 is 1.24 bits per heavy atom. The van der Waals surface area contributed by atoms with E-state index in [0.717, 1.165) is 0 Å². The number of esters is 2. The van der Waals surface area contributed by atoms with Crippen LogP contribution >= 0.6 is 8.02 Å². The van der Waals surface area contributed by atoms with E-state index in [-0.39, 0.29) is 97.5 Å². The Morgan fingerprint density at radius 1 is 0.756 bits per heavy atom. The highest BCUT2D eigenvalue weighted by Crippen LogP contribution is 1.93. The van der Waals surface area contributed by atoms with Gasteiger partial charge in [-0.2, -0.15) is 0 Å². The van der Waals surface area contributed by atoms with E-state index in [4.69, 9.17) is 39.6 Å². The lowest BCUT2D eigenvalue weighted by Crippen LogP contribution is -2.40. The van der Waals surface area contributed by atoms with Crippen LogP contribution < -0.4 is 15.4 Å². The van der Waals surface area contributed by atoms with Crippen LogP contribution in [-0.2, 0) is 72.3 Å². The van der Waals surface area contributed by atoms with Crippen molar-refractivity contribution in [2.24, 2.45) is 0 Å². The lowest BCUT2D eigenvalue weighted by molar-refractivity contribution is -0.150. The van der Waals surface area contributed by atoms with Crippen molar-refractivity contribution in [2.75, 3.05) is 106 Å². The summed E-state index contributed by atoms with van der Waals surface area (Å²) in [4.78, 5) is 59.1. The third-order valence-electron chi connectivity index (χ3n) is 4.44. The van der Waals surface area contributed by atoms with Crippen LogP contribution in [0.4, 0.5) is 4.79 Å². The number of thiol groups is 1. The van der Waals surface area contributed by atoms with E-state index >= 15 is 0 Å². The van der Waals surface area contributed by atoms with Crippen LogP contribution in [0.15, 0.2) is 0 Å². The number of methoxy groups -OCH3 is 1. The van der Waals surface area contributed by atoms with Crippen LogP contribution in [0.2, 0.25) is 0 Å². The molecule has 0 radical (unpaired) electrons. The third-order valence-corrected chi connectivity index (χ3v) is 5.50. The average Bonchev–Trinajstić information content (AvgIpc) is 2.90. The Morgan fingerprint density at radius 3 is 1.71 bits per heavy atom. The molecule has 0 rings (SSSR count). The van der Waals surface area contributed by atoms with Crippen LogP contribution in [0, 0.1) is 0 Å². The topological polar surface area (TPSA) is 189 Å². The summed E-state index contributed by atoms with van der Waals surface area (Å²) in [6, 6.07) is 0. The molecule has 0 aromatic heterocycles. The quantitative estimate of drug-likeness (QED) is 0.0275. The van der Waals surface area contributed by atoms with E-state index < -0.39 is 26.9 Å². The van der Waals surface area contributed by atoms with Gasteiger partial charge in [-0.1, -0.05) is 16.8 Å². The van der Waals surface area contributed by atoms with Crippen molar-refractivity contribution in [1.29, 1.82) is 0 Å². The molecule has 3 N–H and O–H groups in total. The number of ether oxygens (including phenoxy) is 7. The average molecular weight is 649 g/mol. The third kappa shape index (κ3) is 27.7. The van der Waals surface area contributed by atoms with Crippen molar-refractivity contribution in [1.82, 2.24) is 20.3 Å². The first-order chi connectivity index (χ1) is 19.6. The summed E-state index contributed by atoms with van der Waals surface area (Å²) < 4.78 is 38.1. The predicted octanol–water partition coefficient (Wildman–Crippen LogP) is -2.17. The minimum atomic E-state index is -1.26. The fourth-order valence-electron chi connectivity index (χ4n) is 2.63. The van der Waals surface area contributed by atoms with Gasteiger partial charge in [0.2, 0.25) is 11.8 Å². The first kappa shape index (κ1) is 38.8. The number of nitrogens with one attached hydrogen (secondary N) is 3. The molecular weight excluding hydrogens is 607 g/mol. The van der Waals surface area contributed by atoms with Crippen molar-refractivity contribution in [3.8, 4) is 0 Å². The number of amides is 3. The second-order valence-corrected chi connectivity index (χ2v) is 12.0. The molecule has 16 nitrogen and oxygen atoms in total. The summed E-state index contributed by atoms with van der Waals surface area (Å²) in [5, 5.41) is 5.04. The Hall–Kier alpha value is -2.18. The summed E-state index contributed by atoms with van der Waals surface area (Å²) in [6.07, 6.45) is -0.554. The molecule has 1 atom stereocenters. The zero-order valence-electron chi connectivity index (χ0n) is 23.3. The van der Waals surface area contributed by atoms with Gasteiger partial charge in [-0.25, -0.2) is 14.4 Å². The summed E-state index contributed by atoms with van der Waals surface area (Å²) >= 11 is 4.94. The van der Waals surface area contributed by atoms with Crippen LogP contribution in [0.3, 0.4) is 0 Å². The predicted molar refractivity (Wildman–Crippen MR) is 153 cm³/mol. The second kappa shape index (κ2) is 26.7. The molecule has 1 unspecified atom stereocenters. The largest absolute Gasteiger partial charge is 0.463 e. The van der Waals surface area contributed by atoms with E-state index in [2.05, 4.69) is 28.1 Å². The Balaban J connectivity index is 4.14. The molecule has 0 aliphatic carbocycles. The molecule has 0 aromatic carbocycles. The highest BCUT2D eigenvalue weighted by Gasteiger charge is 2.13. The molecule has 0 aliphatic rings. The minimum absolute atomic E-state index is 0.0224. The number of hydrogen-bond donors (Lipinski definition) is 4. The smallest absolute Gasteiger partial charge is 0.406 e. The molecule has 19 heteroatoms.